The van der Waals surface area contributed by atoms with E-state index in [-0.39, 0.29) is 11.9 Å². The summed E-state index contributed by atoms with van der Waals surface area (Å²) in [5.74, 6) is 0.924. The molecule has 1 aliphatic rings. The number of rotatable bonds is 5. The van der Waals surface area contributed by atoms with Gasteiger partial charge in [0.15, 0.2) is 0 Å². The summed E-state index contributed by atoms with van der Waals surface area (Å²) in [5.41, 5.74) is 0. The number of nitrogens with one attached hydrogen (secondary N) is 2. The second-order valence-electron chi connectivity index (χ2n) is 4.83. The van der Waals surface area contributed by atoms with Gasteiger partial charge < -0.3 is 10.6 Å². The Morgan fingerprint density at radius 2 is 2.27 bits per heavy atom. The van der Waals surface area contributed by atoms with Crippen LogP contribution in [0.3, 0.4) is 0 Å². The molecule has 0 spiro atoms. The minimum absolute atomic E-state index is 0.0674. The third-order valence-corrected chi connectivity index (χ3v) is 2.88. The van der Waals surface area contributed by atoms with Gasteiger partial charge in [-0.1, -0.05) is 20.3 Å². The minimum Gasteiger partial charge on any atom is -0.355 e. The molecule has 0 aromatic heterocycles. The first kappa shape index (κ1) is 12.5. The van der Waals surface area contributed by atoms with Crippen molar-refractivity contribution in [2.45, 2.75) is 52.0 Å². The average Bonchev–Trinajstić information content (AvgIpc) is 2.25. The average molecular weight is 212 g/mol. The first-order valence-electron chi connectivity index (χ1n) is 6.21. The summed E-state index contributed by atoms with van der Waals surface area (Å²) in [7, 11) is 0. The van der Waals surface area contributed by atoms with Crippen molar-refractivity contribution in [1.29, 1.82) is 0 Å². The van der Waals surface area contributed by atoms with E-state index in [2.05, 4.69) is 24.5 Å². The van der Waals surface area contributed by atoms with Gasteiger partial charge in [0.25, 0.3) is 0 Å². The Hall–Kier alpha value is -0.570. The molecule has 1 rings (SSSR count). The third kappa shape index (κ3) is 5.17. The molecule has 0 aliphatic carbocycles. The fraction of sp³-hybridized carbons (Fsp3) is 0.917. The van der Waals surface area contributed by atoms with Crippen molar-refractivity contribution in [1.82, 2.24) is 10.6 Å². The predicted molar refractivity (Wildman–Crippen MR) is 62.7 cm³/mol. The van der Waals surface area contributed by atoms with Gasteiger partial charge >= 0.3 is 0 Å². The molecule has 3 heteroatoms. The number of carbonyl (C=O) groups excluding carboxylic acids is 1. The largest absolute Gasteiger partial charge is 0.355 e. The standard InChI is InChI=1S/C12H24N2O/c1-10(2)6-5-9-14-12(15)11-7-3-4-8-13-11/h10-11,13H,3-9H2,1-2H3,(H,14,15). The highest BCUT2D eigenvalue weighted by molar-refractivity contribution is 5.81. The normalized spacial score (nSPS) is 21.7. The molecule has 0 aromatic carbocycles. The molecule has 1 atom stereocenters. The lowest BCUT2D eigenvalue weighted by molar-refractivity contribution is -0.123. The van der Waals surface area contributed by atoms with Crippen molar-refractivity contribution in [2.24, 2.45) is 5.92 Å². The summed E-state index contributed by atoms with van der Waals surface area (Å²) in [6.07, 6.45) is 5.67. The monoisotopic (exact) mass is 212 g/mol. The van der Waals surface area contributed by atoms with E-state index in [9.17, 15) is 4.79 Å². The molecule has 1 heterocycles. The van der Waals surface area contributed by atoms with Crippen molar-refractivity contribution in [3.63, 3.8) is 0 Å². The van der Waals surface area contributed by atoms with E-state index in [1.807, 2.05) is 0 Å². The van der Waals surface area contributed by atoms with Crippen LogP contribution in [0, 0.1) is 5.92 Å². The van der Waals surface area contributed by atoms with Crippen LogP contribution in [-0.4, -0.2) is 25.0 Å². The zero-order valence-electron chi connectivity index (χ0n) is 10.0. The first-order valence-corrected chi connectivity index (χ1v) is 6.21. The van der Waals surface area contributed by atoms with Gasteiger partial charge in [0.05, 0.1) is 6.04 Å². The molecule has 0 bridgehead atoms. The zero-order chi connectivity index (χ0) is 11.1. The van der Waals surface area contributed by atoms with Gasteiger partial charge in [0.2, 0.25) is 5.91 Å². The molecule has 0 aromatic rings. The number of hydrogen-bond donors (Lipinski definition) is 2. The van der Waals surface area contributed by atoms with Gasteiger partial charge in [0, 0.05) is 6.54 Å². The van der Waals surface area contributed by atoms with Crippen molar-refractivity contribution < 1.29 is 4.79 Å². The van der Waals surface area contributed by atoms with Crippen molar-refractivity contribution in [3.05, 3.63) is 0 Å². The van der Waals surface area contributed by atoms with E-state index in [0.29, 0.717) is 0 Å². The molecule has 2 N–H and O–H groups in total. The predicted octanol–water partition coefficient (Wildman–Crippen LogP) is 1.68. The van der Waals surface area contributed by atoms with Crippen LogP contribution in [0.5, 0.6) is 0 Å². The highest BCUT2D eigenvalue weighted by Crippen LogP contribution is 2.07. The Morgan fingerprint density at radius 1 is 1.47 bits per heavy atom. The van der Waals surface area contributed by atoms with Crippen molar-refractivity contribution >= 4 is 5.91 Å². The first-order chi connectivity index (χ1) is 7.20. The molecule has 1 saturated heterocycles. The lowest BCUT2D eigenvalue weighted by Crippen LogP contribution is -2.46. The molecular formula is C12H24N2O. The van der Waals surface area contributed by atoms with Gasteiger partial charge in [-0.25, -0.2) is 0 Å². The summed E-state index contributed by atoms with van der Waals surface area (Å²) >= 11 is 0. The summed E-state index contributed by atoms with van der Waals surface area (Å²) in [6.45, 7) is 6.24. The zero-order valence-corrected chi connectivity index (χ0v) is 10.0. The molecule has 1 unspecified atom stereocenters. The number of carbonyl (C=O) groups is 1. The highest BCUT2D eigenvalue weighted by atomic mass is 16.2. The topological polar surface area (TPSA) is 41.1 Å². The molecule has 15 heavy (non-hydrogen) atoms. The van der Waals surface area contributed by atoms with E-state index in [4.69, 9.17) is 0 Å². The van der Waals surface area contributed by atoms with Crippen LogP contribution in [0.2, 0.25) is 0 Å². The lowest BCUT2D eigenvalue weighted by Gasteiger charge is -2.22. The molecular weight excluding hydrogens is 188 g/mol. The molecule has 0 radical (unpaired) electrons. The van der Waals surface area contributed by atoms with E-state index in [1.165, 1.54) is 19.3 Å². The number of amides is 1. The third-order valence-electron chi connectivity index (χ3n) is 2.88. The van der Waals surface area contributed by atoms with Gasteiger partial charge in [-0.15, -0.1) is 0 Å². The van der Waals surface area contributed by atoms with Gasteiger partial charge in [-0.3, -0.25) is 4.79 Å². The van der Waals surface area contributed by atoms with Crippen LogP contribution in [-0.2, 0) is 4.79 Å². The summed E-state index contributed by atoms with van der Waals surface area (Å²) in [5, 5.41) is 6.26. The second kappa shape index (κ2) is 6.83. The maximum absolute atomic E-state index is 11.7. The smallest absolute Gasteiger partial charge is 0.237 e. The summed E-state index contributed by atoms with van der Waals surface area (Å²) in [6, 6.07) is 0.0674. The fourth-order valence-corrected chi connectivity index (χ4v) is 1.92. The van der Waals surface area contributed by atoms with Crippen LogP contribution in [0.15, 0.2) is 0 Å². The van der Waals surface area contributed by atoms with E-state index >= 15 is 0 Å². The molecule has 1 aliphatic heterocycles. The summed E-state index contributed by atoms with van der Waals surface area (Å²) in [4.78, 5) is 11.7. The summed E-state index contributed by atoms with van der Waals surface area (Å²) < 4.78 is 0. The van der Waals surface area contributed by atoms with Gasteiger partial charge in [0.1, 0.15) is 0 Å². The molecule has 0 saturated carbocycles. The molecule has 1 amide bonds. The lowest BCUT2D eigenvalue weighted by atomic mass is 10.0. The Morgan fingerprint density at radius 3 is 2.87 bits per heavy atom. The van der Waals surface area contributed by atoms with Crippen LogP contribution < -0.4 is 10.6 Å². The van der Waals surface area contributed by atoms with E-state index < -0.39 is 0 Å². The quantitative estimate of drug-likeness (QED) is 0.681. The Kier molecular flexibility index (Phi) is 5.69. The highest BCUT2D eigenvalue weighted by Gasteiger charge is 2.19. The minimum atomic E-state index is 0.0674. The maximum atomic E-state index is 11.7. The van der Waals surface area contributed by atoms with Crippen molar-refractivity contribution in [2.75, 3.05) is 13.1 Å². The number of hydrogen-bond acceptors (Lipinski definition) is 2. The van der Waals surface area contributed by atoms with Crippen LogP contribution in [0.4, 0.5) is 0 Å². The maximum Gasteiger partial charge on any atom is 0.237 e. The van der Waals surface area contributed by atoms with E-state index in [1.54, 1.807) is 0 Å². The van der Waals surface area contributed by atoms with Crippen LogP contribution in [0.25, 0.3) is 0 Å². The van der Waals surface area contributed by atoms with Crippen LogP contribution >= 0.6 is 0 Å². The molecule has 1 fully saturated rings. The molecule has 3 nitrogen and oxygen atoms in total. The van der Waals surface area contributed by atoms with Gasteiger partial charge in [-0.05, 0) is 38.1 Å². The Bertz CT molecular complexity index is 186. The van der Waals surface area contributed by atoms with Crippen molar-refractivity contribution in [3.8, 4) is 0 Å². The SMILES string of the molecule is CC(C)CCCNC(=O)C1CCCCN1. The van der Waals surface area contributed by atoms with Crippen LogP contribution in [0.1, 0.15) is 46.0 Å². The van der Waals surface area contributed by atoms with E-state index in [0.717, 1.165) is 31.8 Å². The van der Waals surface area contributed by atoms with Gasteiger partial charge in [-0.2, -0.15) is 0 Å². The molecule has 88 valence electrons. The Balaban J connectivity index is 2.07. The Labute approximate surface area is 93.0 Å². The fourth-order valence-electron chi connectivity index (χ4n) is 1.92. The second-order valence-corrected chi connectivity index (χ2v) is 4.83. The number of piperidine rings is 1.